The first-order valence-corrected chi connectivity index (χ1v) is 6.72. The number of carbonyl (C=O) groups is 1. The molecule has 1 saturated carbocycles. The molecule has 1 aliphatic heterocycles. The molecule has 1 aliphatic carbocycles. The fourth-order valence-corrected chi connectivity index (χ4v) is 2.85. The molecule has 2 fully saturated rings. The zero-order chi connectivity index (χ0) is 14.3. The van der Waals surface area contributed by atoms with E-state index in [4.69, 9.17) is 15.2 Å². The molecule has 0 radical (unpaired) electrons. The monoisotopic (exact) mass is 272 g/mol. The third-order valence-electron chi connectivity index (χ3n) is 3.91. The van der Waals surface area contributed by atoms with Crippen molar-refractivity contribution in [3.8, 4) is 0 Å². The Morgan fingerprint density at radius 2 is 2.11 bits per heavy atom. The molecule has 1 saturated heterocycles. The molecular formula is C13H24N2O4. The van der Waals surface area contributed by atoms with Crippen LogP contribution in [0.15, 0.2) is 0 Å². The standard InChI is InChI=1S/C13H24N2O4/c1-11(2,3)19-10(17)15-13(4-5-18-8-13)12(14)6-9(16)7-12/h9,16H,4-8,14H2,1-3H3,(H,15,17). The topological polar surface area (TPSA) is 93.8 Å². The summed E-state index contributed by atoms with van der Waals surface area (Å²) in [5.41, 5.74) is 4.54. The van der Waals surface area contributed by atoms with Crippen LogP contribution in [0.3, 0.4) is 0 Å². The van der Waals surface area contributed by atoms with Gasteiger partial charge in [-0.3, -0.25) is 0 Å². The highest BCUT2D eigenvalue weighted by molar-refractivity contribution is 5.69. The van der Waals surface area contributed by atoms with Gasteiger partial charge in [0.25, 0.3) is 0 Å². The molecule has 2 aliphatic rings. The Balaban J connectivity index is 2.06. The van der Waals surface area contributed by atoms with Crippen LogP contribution in [0.1, 0.15) is 40.0 Å². The Hall–Kier alpha value is -0.850. The van der Waals surface area contributed by atoms with Crippen molar-refractivity contribution >= 4 is 6.09 Å². The van der Waals surface area contributed by atoms with Crippen molar-refractivity contribution in [3.63, 3.8) is 0 Å². The first-order valence-electron chi connectivity index (χ1n) is 6.72. The van der Waals surface area contributed by atoms with Gasteiger partial charge < -0.3 is 25.6 Å². The van der Waals surface area contributed by atoms with E-state index in [2.05, 4.69) is 5.32 Å². The molecule has 1 heterocycles. The fourth-order valence-electron chi connectivity index (χ4n) is 2.85. The molecule has 4 N–H and O–H groups in total. The Morgan fingerprint density at radius 1 is 1.47 bits per heavy atom. The van der Waals surface area contributed by atoms with Crippen molar-refractivity contribution in [3.05, 3.63) is 0 Å². The van der Waals surface area contributed by atoms with Crippen molar-refractivity contribution in [1.29, 1.82) is 0 Å². The number of ether oxygens (including phenoxy) is 2. The molecule has 1 atom stereocenters. The van der Waals surface area contributed by atoms with Crippen LogP contribution in [-0.2, 0) is 9.47 Å². The summed E-state index contributed by atoms with van der Waals surface area (Å²) in [6.45, 7) is 6.38. The van der Waals surface area contributed by atoms with Crippen LogP contribution in [0, 0.1) is 0 Å². The van der Waals surface area contributed by atoms with Crippen LogP contribution in [0.5, 0.6) is 0 Å². The average Bonchev–Trinajstić information content (AvgIpc) is 2.62. The number of nitrogens with one attached hydrogen (secondary N) is 1. The van der Waals surface area contributed by atoms with Gasteiger partial charge in [0.05, 0.1) is 18.2 Å². The zero-order valence-electron chi connectivity index (χ0n) is 11.9. The van der Waals surface area contributed by atoms with Gasteiger partial charge in [0, 0.05) is 12.1 Å². The lowest BCUT2D eigenvalue weighted by atomic mass is 9.62. The second-order valence-electron chi connectivity index (χ2n) is 6.73. The molecule has 6 nitrogen and oxygen atoms in total. The lowest BCUT2D eigenvalue weighted by molar-refractivity contribution is -0.0383. The molecule has 1 unspecified atom stereocenters. The highest BCUT2D eigenvalue weighted by Gasteiger charge is 2.58. The number of carbonyl (C=O) groups excluding carboxylic acids is 1. The summed E-state index contributed by atoms with van der Waals surface area (Å²) >= 11 is 0. The van der Waals surface area contributed by atoms with Crippen LogP contribution in [0.4, 0.5) is 4.79 Å². The second kappa shape index (κ2) is 4.61. The van der Waals surface area contributed by atoms with Crippen molar-refractivity contribution in [2.24, 2.45) is 5.73 Å². The second-order valence-corrected chi connectivity index (χ2v) is 6.73. The predicted octanol–water partition coefficient (Wildman–Crippen LogP) is 0.522. The summed E-state index contributed by atoms with van der Waals surface area (Å²) in [6, 6.07) is 0. The lowest BCUT2D eigenvalue weighted by Gasteiger charge is -2.53. The molecule has 19 heavy (non-hydrogen) atoms. The van der Waals surface area contributed by atoms with E-state index in [1.54, 1.807) is 0 Å². The zero-order valence-corrected chi connectivity index (χ0v) is 11.9. The molecule has 0 aromatic carbocycles. The Labute approximate surface area is 113 Å². The van der Waals surface area contributed by atoms with Gasteiger partial charge in [0.1, 0.15) is 5.60 Å². The van der Waals surface area contributed by atoms with Gasteiger partial charge in [-0.1, -0.05) is 0 Å². The maximum absolute atomic E-state index is 12.0. The van der Waals surface area contributed by atoms with Gasteiger partial charge in [0.15, 0.2) is 0 Å². The molecule has 6 heteroatoms. The lowest BCUT2D eigenvalue weighted by Crippen LogP contribution is -2.75. The summed E-state index contributed by atoms with van der Waals surface area (Å²) in [7, 11) is 0. The molecule has 1 amide bonds. The van der Waals surface area contributed by atoms with Crippen molar-refractivity contribution in [2.75, 3.05) is 13.2 Å². The summed E-state index contributed by atoms with van der Waals surface area (Å²) in [5.74, 6) is 0. The van der Waals surface area contributed by atoms with Gasteiger partial charge in [-0.25, -0.2) is 4.79 Å². The highest BCUT2D eigenvalue weighted by Crippen LogP contribution is 2.43. The van der Waals surface area contributed by atoms with Gasteiger partial charge in [-0.2, -0.15) is 0 Å². The first-order chi connectivity index (χ1) is 8.66. The number of aliphatic hydroxyl groups is 1. The van der Waals surface area contributed by atoms with Crippen molar-refractivity contribution in [2.45, 2.75) is 62.8 Å². The SMILES string of the molecule is CC(C)(C)OC(=O)NC1(C2(N)CC(O)C2)CCOC1. The molecule has 0 aromatic rings. The van der Waals surface area contributed by atoms with Gasteiger partial charge in [-0.05, 0) is 40.0 Å². The van der Waals surface area contributed by atoms with Gasteiger partial charge in [0.2, 0.25) is 0 Å². The normalized spacial score (nSPS) is 38.7. The van der Waals surface area contributed by atoms with Crippen molar-refractivity contribution in [1.82, 2.24) is 5.32 Å². The molecule has 0 bridgehead atoms. The van der Waals surface area contributed by atoms with Crippen molar-refractivity contribution < 1.29 is 19.4 Å². The third-order valence-corrected chi connectivity index (χ3v) is 3.91. The quantitative estimate of drug-likeness (QED) is 0.681. The largest absolute Gasteiger partial charge is 0.444 e. The number of rotatable bonds is 2. The number of amides is 1. The molecule has 110 valence electrons. The van der Waals surface area contributed by atoms with Crippen LogP contribution >= 0.6 is 0 Å². The summed E-state index contributed by atoms with van der Waals surface area (Å²) < 4.78 is 10.7. The van der Waals surface area contributed by atoms with Crippen LogP contribution in [-0.4, -0.2) is 47.2 Å². The Morgan fingerprint density at radius 3 is 2.53 bits per heavy atom. The summed E-state index contributed by atoms with van der Waals surface area (Å²) in [4.78, 5) is 12.0. The van der Waals surface area contributed by atoms with Gasteiger partial charge in [-0.15, -0.1) is 0 Å². The van der Waals surface area contributed by atoms with E-state index in [9.17, 15) is 9.90 Å². The van der Waals surface area contributed by atoms with E-state index >= 15 is 0 Å². The maximum Gasteiger partial charge on any atom is 0.408 e. The Kier molecular flexibility index (Phi) is 3.53. The average molecular weight is 272 g/mol. The van der Waals surface area contributed by atoms with Crippen LogP contribution in [0.2, 0.25) is 0 Å². The van der Waals surface area contributed by atoms with E-state index < -0.39 is 22.8 Å². The van der Waals surface area contributed by atoms with Crippen LogP contribution < -0.4 is 11.1 Å². The molecular weight excluding hydrogens is 248 g/mol. The van der Waals surface area contributed by atoms with E-state index in [0.29, 0.717) is 32.5 Å². The number of alkyl carbamates (subject to hydrolysis) is 1. The fraction of sp³-hybridized carbons (Fsp3) is 0.923. The van der Waals surface area contributed by atoms with E-state index in [1.165, 1.54) is 0 Å². The smallest absolute Gasteiger partial charge is 0.408 e. The van der Waals surface area contributed by atoms with Crippen LogP contribution in [0.25, 0.3) is 0 Å². The predicted molar refractivity (Wildman–Crippen MR) is 69.7 cm³/mol. The van der Waals surface area contributed by atoms with E-state index in [-0.39, 0.29) is 6.10 Å². The molecule has 0 spiro atoms. The van der Waals surface area contributed by atoms with E-state index in [0.717, 1.165) is 0 Å². The minimum atomic E-state index is -0.630. The number of hydrogen-bond donors (Lipinski definition) is 3. The molecule has 2 rings (SSSR count). The minimum Gasteiger partial charge on any atom is -0.444 e. The van der Waals surface area contributed by atoms with Gasteiger partial charge >= 0.3 is 6.09 Å². The number of nitrogens with two attached hydrogens (primary N) is 1. The third kappa shape index (κ3) is 2.85. The van der Waals surface area contributed by atoms with E-state index in [1.807, 2.05) is 20.8 Å². The molecule has 0 aromatic heterocycles. The number of hydrogen-bond acceptors (Lipinski definition) is 5. The summed E-state index contributed by atoms with van der Waals surface area (Å²) in [6.07, 6.45) is 0.737. The Bertz CT molecular complexity index is 352. The summed E-state index contributed by atoms with van der Waals surface area (Å²) in [5, 5.41) is 12.4. The highest BCUT2D eigenvalue weighted by atomic mass is 16.6. The first kappa shape index (κ1) is 14.6. The number of aliphatic hydroxyl groups excluding tert-OH is 1. The maximum atomic E-state index is 12.0. The minimum absolute atomic E-state index is 0.370.